The Kier molecular flexibility index (Phi) is 5.39. The minimum atomic E-state index is 0.0135. The van der Waals surface area contributed by atoms with E-state index < -0.39 is 0 Å². The quantitative estimate of drug-likeness (QED) is 0.872. The molecule has 0 spiro atoms. The lowest BCUT2D eigenvalue weighted by Gasteiger charge is -2.40. The highest BCUT2D eigenvalue weighted by Gasteiger charge is 2.34. The molecule has 0 bridgehead atoms. The zero-order valence-electron chi connectivity index (χ0n) is 13.6. The van der Waals surface area contributed by atoms with Gasteiger partial charge in [0.2, 0.25) is 5.88 Å². The molecule has 1 unspecified atom stereocenters. The Balaban J connectivity index is 2.09. The van der Waals surface area contributed by atoms with Crippen molar-refractivity contribution >= 4 is 5.82 Å². The fourth-order valence-electron chi connectivity index (χ4n) is 2.95. The van der Waals surface area contributed by atoms with Crippen LogP contribution < -0.4 is 10.1 Å². The van der Waals surface area contributed by atoms with E-state index in [1.165, 1.54) is 0 Å². The molecule has 5 nitrogen and oxygen atoms in total. The molecule has 1 atom stereocenters. The van der Waals surface area contributed by atoms with Crippen LogP contribution in [0.25, 0.3) is 0 Å². The maximum Gasteiger partial charge on any atom is 0.221 e. The molecular formula is C16H27N3O2. The summed E-state index contributed by atoms with van der Waals surface area (Å²) in [4.78, 5) is 8.56. The number of ether oxygens (including phenoxy) is 2. The van der Waals surface area contributed by atoms with Gasteiger partial charge in [-0.3, -0.25) is 0 Å². The predicted octanol–water partition coefficient (Wildman–Crippen LogP) is 3.33. The zero-order chi connectivity index (χ0) is 15.3. The Morgan fingerprint density at radius 3 is 2.76 bits per heavy atom. The average molecular weight is 293 g/mol. The molecule has 21 heavy (non-hydrogen) atoms. The normalized spacial score (nSPS) is 21.0. The smallest absolute Gasteiger partial charge is 0.221 e. The van der Waals surface area contributed by atoms with Gasteiger partial charge >= 0.3 is 0 Å². The largest absolute Gasteiger partial charge is 0.478 e. The lowest BCUT2D eigenvalue weighted by Crippen LogP contribution is -2.43. The zero-order valence-corrected chi connectivity index (χ0v) is 13.6. The van der Waals surface area contributed by atoms with Gasteiger partial charge in [-0.1, -0.05) is 13.8 Å². The molecule has 118 valence electrons. The Hall–Kier alpha value is -1.36. The number of anilines is 1. The second-order valence-electron chi connectivity index (χ2n) is 5.66. The predicted molar refractivity (Wildman–Crippen MR) is 83.8 cm³/mol. The molecule has 0 radical (unpaired) electrons. The van der Waals surface area contributed by atoms with Gasteiger partial charge in [-0.2, -0.15) is 0 Å². The first-order chi connectivity index (χ1) is 10.1. The highest BCUT2D eigenvalue weighted by atomic mass is 16.5. The summed E-state index contributed by atoms with van der Waals surface area (Å²) in [5.41, 5.74) is 0.990. The van der Waals surface area contributed by atoms with Crippen molar-refractivity contribution in [3.8, 4) is 5.88 Å². The number of hydrogen-bond donors (Lipinski definition) is 1. The van der Waals surface area contributed by atoms with Gasteiger partial charge in [0.15, 0.2) is 0 Å². The van der Waals surface area contributed by atoms with Crippen LogP contribution in [0.5, 0.6) is 5.88 Å². The minimum Gasteiger partial charge on any atom is -0.478 e. The molecule has 0 aromatic carbocycles. The molecule has 0 aliphatic carbocycles. The van der Waals surface area contributed by atoms with Crippen LogP contribution in [0.4, 0.5) is 5.82 Å². The van der Waals surface area contributed by atoms with E-state index in [1.807, 2.05) is 13.8 Å². The Labute approximate surface area is 127 Å². The molecule has 1 N–H and O–H groups in total. The summed E-state index contributed by atoms with van der Waals surface area (Å²) in [6.45, 7) is 9.79. The first-order valence-corrected chi connectivity index (χ1v) is 7.99. The van der Waals surface area contributed by atoms with Crippen LogP contribution in [0.15, 0.2) is 6.33 Å². The van der Waals surface area contributed by atoms with Crippen molar-refractivity contribution in [2.75, 3.05) is 18.5 Å². The molecule has 2 heterocycles. The third-order valence-electron chi connectivity index (χ3n) is 4.44. The van der Waals surface area contributed by atoms with Crippen molar-refractivity contribution in [2.24, 2.45) is 0 Å². The topological polar surface area (TPSA) is 56.3 Å². The lowest BCUT2D eigenvalue weighted by molar-refractivity contribution is -0.0864. The van der Waals surface area contributed by atoms with E-state index in [2.05, 4.69) is 29.1 Å². The summed E-state index contributed by atoms with van der Waals surface area (Å²) in [5.74, 6) is 1.54. The molecule has 1 saturated heterocycles. The van der Waals surface area contributed by atoms with Crippen LogP contribution in [0, 0.1) is 6.92 Å². The van der Waals surface area contributed by atoms with Crippen LogP contribution in [-0.2, 0) is 4.74 Å². The van der Waals surface area contributed by atoms with Crippen molar-refractivity contribution in [3.63, 3.8) is 0 Å². The number of nitrogens with zero attached hydrogens (tertiary/aromatic N) is 2. The van der Waals surface area contributed by atoms with Crippen molar-refractivity contribution in [1.29, 1.82) is 0 Å². The number of rotatable bonds is 6. The summed E-state index contributed by atoms with van der Waals surface area (Å²) < 4.78 is 11.6. The van der Waals surface area contributed by atoms with Gasteiger partial charge in [0.1, 0.15) is 12.1 Å². The SMILES string of the molecule is CCOc1ncnc(NC2CCOC(CC)(CC)C2)c1C. The Morgan fingerprint density at radius 2 is 2.10 bits per heavy atom. The molecule has 1 aliphatic rings. The maximum absolute atomic E-state index is 6.03. The van der Waals surface area contributed by atoms with Crippen molar-refractivity contribution < 1.29 is 9.47 Å². The first kappa shape index (κ1) is 16.0. The first-order valence-electron chi connectivity index (χ1n) is 7.99. The molecule has 1 fully saturated rings. The summed E-state index contributed by atoms with van der Waals surface area (Å²) in [7, 11) is 0. The van der Waals surface area contributed by atoms with E-state index in [-0.39, 0.29) is 5.60 Å². The monoisotopic (exact) mass is 293 g/mol. The molecule has 5 heteroatoms. The molecule has 0 amide bonds. The highest BCUT2D eigenvalue weighted by molar-refractivity contribution is 5.48. The molecule has 1 aromatic heterocycles. The van der Waals surface area contributed by atoms with Gasteiger partial charge in [0.25, 0.3) is 0 Å². The van der Waals surface area contributed by atoms with Crippen molar-refractivity contribution in [3.05, 3.63) is 11.9 Å². The van der Waals surface area contributed by atoms with E-state index >= 15 is 0 Å². The van der Waals surface area contributed by atoms with Crippen molar-refractivity contribution in [2.45, 2.75) is 65.0 Å². The van der Waals surface area contributed by atoms with E-state index in [9.17, 15) is 0 Å². The van der Waals surface area contributed by atoms with E-state index in [0.29, 0.717) is 18.5 Å². The summed E-state index contributed by atoms with van der Waals surface area (Å²) in [6, 6.07) is 0.390. The minimum absolute atomic E-state index is 0.0135. The van der Waals surface area contributed by atoms with Gasteiger partial charge in [-0.15, -0.1) is 0 Å². The van der Waals surface area contributed by atoms with Crippen LogP contribution >= 0.6 is 0 Å². The number of nitrogens with one attached hydrogen (secondary N) is 1. The second kappa shape index (κ2) is 7.07. The molecule has 0 saturated carbocycles. The third kappa shape index (κ3) is 3.64. The average Bonchev–Trinajstić information content (AvgIpc) is 2.51. The highest BCUT2D eigenvalue weighted by Crippen LogP contribution is 2.33. The Bertz CT molecular complexity index is 461. The Morgan fingerprint density at radius 1 is 1.33 bits per heavy atom. The molecular weight excluding hydrogens is 266 g/mol. The van der Waals surface area contributed by atoms with Crippen LogP contribution in [0.2, 0.25) is 0 Å². The third-order valence-corrected chi connectivity index (χ3v) is 4.44. The van der Waals surface area contributed by atoms with E-state index in [0.717, 1.165) is 43.7 Å². The standard InChI is InChI=1S/C16H27N3O2/c1-5-16(6-2)10-13(8-9-21-16)19-14-12(4)15(20-7-3)18-11-17-14/h11,13H,5-10H2,1-4H3,(H,17,18,19). The lowest BCUT2D eigenvalue weighted by atomic mass is 9.86. The van der Waals surface area contributed by atoms with Crippen molar-refractivity contribution in [1.82, 2.24) is 9.97 Å². The fraction of sp³-hybridized carbons (Fsp3) is 0.750. The van der Waals surface area contributed by atoms with Gasteiger partial charge in [-0.25, -0.2) is 9.97 Å². The summed E-state index contributed by atoms with van der Waals surface area (Å²) in [5, 5.41) is 3.56. The number of aromatic nitrogens is 2. The number of hydrogen-bond acceptors (Lipinski definition) is 5. The fourth-order valence-corrected chi connectivity index (χ4v) is 2.95. The van der Waals surface area contributed by atoms with Gasteiger partial charge in [-0.05, 0) is 39.5 Å². The van der Waals surface area contributed by atoms with E-state index in [4.69, 9.17) is 9.47 Å². The molecule has 1 aromatic rings. The molecule has 2 rings (SSSR count). The second-order valence-corrected chi connectivity index (χ2v) is 5.66. The maximum atomic E-state index is 6.03. The van der Waals surface area contributed by atoms with E-state index in [1.54, 1.807) is 6.33 Å². The van der Waals surface area contributed by atoms with Gasteiger partial charge < -0.3 is 14.8 Å². The van der Waals surface area contributed by atoms with Crippen LogP contribution in [0.1, 0.15) is 52.0 Å². The summed E-state index contributed by atoms with van der Waals surface area (Å²) in [6.07, 6.45) is 5.69. The van der Waals surface area contributed by atoms with Gasteiger partial charge in [0, 0.05) is 12.6 Å². The molecule has 1 aliphatic heterocycles. The van der Waals surface area contributed by atoms with Crippen LogP contribution in [-0.4, -0.2) is 34.8 Å². The summed E-state index contributed by atoms with van der Waals surface area (Å²) >= 11 is 0. The van der Waals surface area contributed by atoms with Crippen LogP contribution in [0.3, 0.4) is 0 Å². The van der Waals surface area contributed by atoms with Gasteiger partial charge in [0.05, 0.1) is 17.8 Å².